The van der Waals surface area contributed by atoms with Crippen LogP contribution in [0.4, 0.5) is 0 Å². The second-order valence-corrected chi connectivity index (χ2v) is 3.09. The van der Waals surface area contributed by atoms with Crippen LogP contribution in [0.3, 0.4) is 0 Å². The minimum Gasteiger partial charge on any atom is -0.481 e. The zero-order chi connectivity index (χ0) is 9.49. The number of rotatable bonds is 2. The minimum atomic E-state index is -0.745. The van der Waals surface area contributed by atoms with E-state index < -0.39 is 5.97 Å². The first-order chi connectivity index (χ1) is 4.83. The Labute approximate surface area is 68.6 Å². The van der Waals surface area contributed by atoms with Gasteiger partial charge in [-0.2, -0.15) is 0 Å². The molecule has 0 amide bonds. The van der Waals surface area contributed by atoms with Gasteiger partial charge in [-0.05, 0) is 20.3 Å². The molecule has 3 heteroatoms. The maximum Gasteiger partial charge on any atom is 0.303 e. The third kappa shape index (κ3) is 26.5. The Kier molecular flexibility index (Phi) is 7.31. The van der Waals surface area contributed by atoms with E-state index in [1.54, 1.807) is 6.92 Å². The molecule has 0 heterocycles. The van der Waals surface area contributed by atoms with Gasteiger partial charge in [-0.25, -0.2) is 0 Å². The normalized spacial score (nSPS) is 9.91. The highest BCUT2D eigenvalue weighted by Crippen LogP contribution is 1.99. The lowest BCUT2D eigenvalue weighted by atomic mass is 10.1. The van der Waals surface area contributed by atoms with Gasteiger partial charge in [0.1, 0.15) is 0 Å². The molecular weight excluding hydrogens is 142 g/mol. The van der Waals surface area contributed by atoms with Crippen molar-refractivity contribution in [2.75, 3.05) is 0 Å². The Morgan fingerprint density at radius 2 is 1.64 bits per heavy atom. The molecule has 0 bridgehead atoms. The highest BCUT2D eigenvalue weighted by molar-refractivity contribution is 5.66. The molecule has 0 aromatic heterocycles. The zero-order valence-corrected chi connectivity index (χ0v) is 7.85. The van der Waals surface area contributed by atoms with Crippen LogP contribution in [-0.2, 0) is 4.79 Å². The van der Waals surface area contributed by atoms with E-state index in [9.17, 15) is 4.79 Å². The van der Waals surface area contributed by atoms with Crippen molar-refractivity contribution in [3.8, 4) is 0 Å². The van der Waals surface area contributed by atoms with Gasteiger partial charge in [0.05, 0.1) is 0 Å². The predicted molar refractivity (Wildman–Crippen MR) is 46.5 cm³/mol. The Morgan fingerprint density at radius 3 is 1.64 bits per heavy atom. The van der Waals surface area contributed by atoms with E-state index in [1.165, 1.54) is 0 Å². The fraction of sp³-hybridized carbons (Fsp3) is 0.875. The summed E-state index contributed by atoms with van der Waals surface area (Å²) in [7, 11) is 0. The molecule has 0 unspecified atom stereocenters. The molecule has 0 spiro atoms. The van der Waals surface area contributed by atoms with Crippen molar-refractivity contribution >= 4 is 5.97 Å². The van der Waals surface area contributed by atoms with Gasteiger partial charge in [0.2, 0.25) is 0 Å². The van der Waals surface area contributed by atoms with E-state index in [0.29, 0.717) is 0 Å². The minimum absolute atomic E-state index is 0.0417. The smallest absolute Gasteiger partial charge is 0.303 e. The summed E-state index contributed by atoms with van der Waals surface area (Å²) >= 11 is 0. The van der Waals surface area contributed by atoms with Crippen molar-refractivity contribution < 1.29 is 9.90 Å². The Bertz CT molecular complexity index is 105. The van der Waals surface area contributed by atoms with E-state index >= 15 is 0 Å². The fourth-order valence-electron chi connectivity index (χ4n) is 0. The van der Waals surface area contributed by atoms with Gasteiger partial charge in [0.15, 0.2) is 0 Å². The zero-order valence-electron chi connectivity index (χ0n) is 7.85. The largest absolute Gasteiger partial charge is 0.481 e. The van der Waals surface area contributed by atoms with E-state index in [2.05, 4.69) is 6.92 Å². The van der Waals surface area contributed by atoms with Crippen molar-refractivity contribution in [3.05, 3.63) is 0 Å². The highest BCUT2D eigenvalue weighted by Gasteiger charge is 2.03. The first kappa shape index (κ1) is 13.1. The quantitative estimate of drug-likeness (QED) is 0.646. The first-order valence-electron chi connectivity index (χ1n) is 3.84. The maximum absolute atomic E-state index is 9.37. The molecule has 0 fully saturated rings. The van der Waals surface area contributed by atoms with Crippen molar-refractivity contribution in [2.45, 2.75) is 46.1 Å². The van der Waals surface area contributed by atoms with Gasteiger partial charge in [-0.15, -0.1) is 0 Å². The molecule has 0 aliphatic rings. The Morgan fingerprint density at radius 1 is 1.45 bits per heavy atom. The lowest BCUT2D eigenvalue weighted by Crippen LogP contribution is -2.30. The molecule has 0 saturated heterocycles. The number of nitrogens with two attached hydrogens (primary N) is 1. The van der Waals surface area contributed by atoms with Crippen LogP contribution in [0.25, 0.3) is 0 Å². The fourth-order valence-corrected chi connectivity index (χ4v) is 0. The molecule has 0 atom stereocenters. The average Bonchev–Trinajstić information content (AvgIpc) is 1.88. The second kappa shape index (κ2) is 6.16. The van der Waals surface area contributed by atoms with Crippen LogP contribution in [0, 0.1) is 0 Å². The summed E-state index contributed by atoms with van der Waals surface area (Å²) in [4.78, 5) is 9.37. The summed E-state index contributed by atoms with van der Waals surface area (Å²) in [5.74, 6) is -0.745. The third-order valence-electron chi connectivity index (χ3n) is 1.21. The van der Waals surface area contributed by atoms with Crippen molar-refractivity contribution in [3.63, 3.8) is 0 Å². The van der Waals surface area contributed by atoms with Crippen molar-refractivity contribution in [2.24, 2.45) is 5.73 Å². The summed E-state index contributed by atoms with van der Waals surface area (Å²) < 4.78 is 0. The van der Waals surface area contributed by atoms with E-state index in [4.69, 9.17) is 10.8 Å². The van der Waals surface area contributed by atoms with Gasteiger partial charge in [0.25, 0.3) is 0 Å². The van der Waals surface area contributed by atoms with E-state index in [0.717, 1.165) is 6.42 Å². The second-order valence-electron chi connectivity index (χ2n) is 3.09. The van der Waals surface area contributed by atoms with Gasteiger partial charge >= 0.3 is 5.97 Å². The lowest BCUT2D eigenvalue weighted by molar-refractivity contribution is -0.136. The SMILES string of the molecule is CCC(=O)O.CCC(C)(C)N. The highest BCUT2D eigenvalue weighted by atomic mass is 16.4. The molecule has 0 rings (SSSR count). The molecule has 3 nitrogen and oxygen atoms in total. The monoisotopic (exact) mass is 161 g/mol. The number of carbonyl (C=O) groups is 1. The number of carboxylic acid groups (broad SMARTS) is 1. The van der Waals surface area contributed by atoms with E-state index in [1.807, 2.05) is 13.8 Å². The maximum atomic E-state index is 9.37. The molecule has 11 heavy (non-hydrogen) atoms. The summed E-state index contributed by atoms with van der Waals surface area (Å²) in [5.41, 5.74) is 5.58. The molecule has 3 N–H and O–H groups in total. The lowest BCUT2D eigenvalue weighted by Gasteiger charge is -2.13. The third-order valence-corrected chi connectivity index (χ3v) is 1.21. The number of hydrogen-bond donors (Lipinski definition) is 2. The standard InChI is InChI=1S/C5H13N.C3H6O2/c1-4-5(2,3)6;1-2-3(4)5/h4,6H2,1-3H3;2H2,1H3,(H,4,5). The van der Waals surface area contributed by atoms with Crippen LogP contribution in [-0.4, -0.2) is 16.6 Å². The molecule has 0 aliphatic carbocycles. The molecule has 68 valence electrons. The topological polar surface area (TPSA) is 63.3 Å². The van der Waals surface area contributed by atoms with E-state index in [-0.39, 0.29) is 12.0 Å². The molecular formula is C8H19NO2. The van der Waals surface area contributed by atoms with Crippen LogP contribution < -0.4 is 5.73 Å². The van der Waals surface area contributed by atoms with Crippen LogP contribution in [0.2, 0.25) is 0 Å². The first-order valence-corrected chi connectivity index (χ1v) is 3.84. The molecule has 0 aromatic carbocycles. The average molecular weight is 161 g/mol. The Balaban J connectivity index is 0. The van der Waals surface area contributed by atoms with Gasteiger partial charge in [-0.3, -0.25) is 4.79 Å². The van der Waals surface area contributed by atoms with Crippen LogP contribution in [0.15, 0.2) is 0 Å². The van der Waals surface area contributed by atoms with Gasteiger partial charge in [-0.1, -0.05) is 13.8 Å². The molecule has 0 saturated carbocycles. The van der Waals surface area contributed by atoms with Gasteiger partial charge in [0, 0.05) is 12.0 Å². The number of hydrogen-bond acceptors (Lipinski definition) is 2. The van der Waals surface area contributed by atoms with Crippen LogP contribution in [0.1, 0.15) is 40.5 Å². The molecule has 0 aliphatic heterocycles. The number of aliphatic carboxylic acids is 1. The van der Waals surface area contributed by atoms with Crippen molar-refractivity contribution in [1.82, 2.24) is 0 Å². The van der Waals surface area contributed by atoms with Gasteiger partial charge < -0.3 is 10.8 Å². The summed E-state index contributed by atoms with van der Waals surface area (Å²) in [6.07, 6.45) is 1.27. The van der Waals surface area contributed by atoms with Crippen LogP contribution >= 0.6 is 0 Å². The number of carboxylic acids is 1. The summed E-state index contributed by atoms with van der Waals surface area (Å²) in [6, 6.07) is 0. The van der Waals surface area contributed by atoms with Crippen LogP contribution in [0.5, 0.6) is 0 Å². The summed E-state index contributed by atoms with van der Waals surface area (Å²) in [5, 5.41) is 7.72. The molecule has 0 aromatic rings. The predicted octanol–water partition coefficient (Wildman–Crippen LogP) is 1.61. The Hall–Kier alpha value is -0.570. The van der Waals surface area contributed by atoms with Crippen molar-refractivity contribution in [1.29, 1.82) is 0 Å². The molecule has 0 radical (unpaired) electrons. The summed E-state index contributed by atoms with van der Waals surface area (Å²) in [6.45, 7) is 7.72.